The highest BCUT2D eigenvalue weighted by atomic mass is 127. The molecular weight excluding hydrogens is 419 g/mol. The summed E-state index contributed by atoms with van der Waals surface area (Å²) in [4.78, 5) is 6.99. The van der Waals surface area contributed by atoms with Crippen molar-refractivity contribution < 1.29 is 0 Å². The molecule has 128 valence electrons. The number of rotatable bonds is 7. The zero-order valence-electron chi connectivity index (χ0n) is 13.9. The summed E-state index contributed by atoms with van der Waals surface area (Å²) in [5.74, 6) is 1.98. The molecule has 2 rings (SSSR count). The first kappa shape index (κ1) is 20.2. The van der Waals surface area contributed by atoms with Gasteiger partial charge in [0.2, 0.25) is 0 Å². The average Bonchev–Trinajstić information content (AvgIpc) is 3.08. The van der Waals surface area contributed by atoms with Gasteiger partial charge in [0.15, 0.2) is 5.96 Å². The van der Waals surface area contributed by atoms with Gasteiger partial charge in [-0.05, 0) is 30.9 Å². The number of aliphatic imine (C=N–C) groups is 1. The predicted octanol–water partition coefficient (Wildman–Crippen LogP) is 3.10. The van der Waals surface area contributed by atoms with E-state index in [0.717, 1.165) is 37.9 Å². The summed E-state index contributed by atoms with van der Waals surface area (Å²) in [7, 11) is 0. The van der Waals surface area contributed by atoms with Crippen LogP contribution in [0.25, 0.3) is 0 Å². The summed E-state index contributed by atoms with van der Waals surface area (Å²) in [5.41, 5.74) is 2.51. The maximum Gasteiger partial charge on any atom is 0.191 e. The third-order valence-electron chi connectivity index (χ3n) is 3.48. The number of hydrogen-bond donors (Lipinski definition) is 2. The van der Waals surface area contributed by atoms with Crippen LogP contribution in [0.3, 0.4) is 0 Å². The normalized spacial score (nSPS) is 13.8. The van der Waals surface area contributed by atoms with E-state index in [9.17, 15) is 0 Å². The molecule has 0 aliphatic carbocycles. The second kappa shape index (κ2) is 11.6. The van der Waals surface area contributed by atoms with E-state index >= 15 is 0 Å². The van der Waals surface area contributed by atoms with Gasteiger partial charge in [-0.3, -0.25) is 0 Å². The van der Waals surface area contributed by atoms with Crippen LogP contribution < -0.4 is 15.5 Å². The fraction of sp³-hybridized carbons (Fsp3) is 0.471. The van der Waals surface area contributed by atoms with Crippen molar-refractivity contribution >= 4 is 47.4 Å². The molecule has 2 N–H and O–H groups in total. The highest BCUT2D eigenvalue weighted by molar-refractivity contribution is 14.0. The maximum absolute atomic E-state index is 4.64. The lowest BCUT2D eigenvalue weighted by atomic mass is 10.2. The lowest BCUT2D eigenvalue weighted by Gasteiger charge is -2.17. The van der Waals surface area contributed by atoms with E-state index in [1.807, 2.05) is 11.8 Å². The van der Waals surface area contributed by atoms with E-state index in [4.69, 9.17) is 0 Å². The minimum atomic E-state index is 0. The molecule has 0 amide bonds. The average molecular weight is 446 g/mol. The minimum Gasteiger partial charge on any atom is -0.364 e. The van der Waals surface area contributed by atoms with Crippen LogP contribution in [-0.4, -0.2) is 44.1 Å². The molecule has 0 bridgehead atoms. The first-order valence-electron chi connectivity index (χ1n) is 7.83. The third kappa shape index (κ3) is 7.03. The van der Waals surface area contributed by atoms with Gasteiger partial charge in [0, 0.05) is 37.6 Å². The number of anilines is 1. The van der Waals surface area contributed by atoms with Crippen LogP contribution in [0.1, 0.15) is 12.5 Å². The van der Waals surface area contributed by atoms with Crippen molar-refractivity contribution in [3.05, 3.63) is 42.0 Å². The number of halogens is 1. The smallest absolute Gasteiger partial charge is 0.191 e. The standard InChI is InChI=1S/C17H26N4S.HI/c1-3-18-17(19-10-13-22-2)20-14-15-6-8-16(9-7-15)21-11-4-5-12-21;/h4-9H,3,10-14H2,1-2H3,(H2,18,19,20);1H. The van der Waals surface area contributed by atoms with Crippen LogP contribution in [0.15, 0.2) is 41.4 Å². The zero-order chi connectivity index (χ0) is 15.6. The van der Waals surface area contributed by atoms with Gasteiger partial charge in [-0.25, -0.2) is 4.99 Å². The highest BCUT2D eigenvalue weighted by Crippen LogP contribution is 2.17. The Morgan fingerprint density at radius 2 is 1.87 bits per heavy atom. The molecule has 0 fully saturated rings. The largest absolute Gasteiger partial charge is 0.364 e. The Labute approximate surface area is 161 Å². The maximum atomic E-state index is 4.64. The third-order valence-corrected chi connectivity index (χ3v) is 4.09. The predicted molar refractivity (Wildman–Crippen MR) is 114 cm³/mol. The van der Waals surface area contributed by atoms with Crippen LogP contribution in [0, 0.1) is 0 Å². The van der Waals surface area contributed by atoms with Crippen molar-refractivity contribution in [2.24, 2.45) is 4.99 Å². The van der Waals surface area contributed by atoms with Gasteiger partial charge in [0.05, 0.1) is 6.54 Å². The molecule has 4 nitrogen and oxygen atoms in total. The molecule has 0 spiro atoms. The molecule has 6 heteroatoms. The Balaban J connectivity index is 0.00000264. The van der Waals surface area contributed by atoms with Crippen molar-refractivity contribution in [2.75, 3.05) is 43.1 Å². The second-order valence-corrected chi connectivity index (χ2v) is 6.14. The van der Waals surface area contributed by atoms with Gasteiger partial charge >= 0.3 is 0 Å². The molecule has 1 aromatic carbocycles. The Bertz CT molecular complexity index is 494. The first-order valence-corrected chi connectivity index (χ1v) is 9.23. The second-order valence-electron chi connectivity index (χ2n) is 5.16. The Morgan fingerprint density at radius 3 is 2.48 bits per heavy atom. The van der Waals surface area contributed by atoms with E-state index in [1.54, 1.807) is 0 Å². The number of nitrogens with one attached hydrogen (secondary N) is 2. The first-order chi connectivity index (χ1) is 10.8. The van der Waals surface area contributed by atoms with Gasteiger partial charge < -0.3 is 15.5 Å². The van der Waals surface area contributed by atoms with Crippen molar-refractivity contribution in [1.29, 1.82) is 0 Å². The van der Waals surface area contributed by atoms with E-state index in [0.29, 0.717) is 6.54 Å². The van der Waals surface area contributed by atoms with E-state index in [2.05, 4.69) is 70.1 Å². The molecule has 0 saturated carbocycles. The van der Waals surface area contributed by atoms with Gasteiger partial charge in [0.25, 0.3) is 0 Å². The van der Waals surface area contributed by atoms with Crippen molar-refractivity contribution in [1.82, 2.24) is 10.6 Å². The SMILES string of the molecule is CCNC(=NCc1ccc(N2CC=CC2)cc1)NCCSC.I. The van der Waals surface area contributed by atoms with Crippen LogP contribution >= 0.6 is 35.7 Å². The van der Waals surface area contributed by atoms with Crippen LogP contribution in [0.5, 0.6) is 0 Å². The summed E-state index contributed by atoms with van der Waals surface area (Å²) < 4.78 is 0. The number of benzene rings is 1. The van der Waals surface area contributed by atoms with Gasteiger partial charge in [-0.2, -0.15) is 11.8 Å². The van der Waals surface area contributed by atoms with Crippen molar-refractivity contribution in [2.45, 2.75) is 13.5 Å². The zero-order valence-corrected chi connectivity index (χ0v) is 17.1. The molecule has 0 radical (unpaired) electrons. The molecule has 1 heterocycles. The van der Waals surface area contributed by atoms with Gasteiger partial charge in [0.1, 0.15) is 0 Å². The lowest BCUT2D eigenvalue weighted by Crippen LogP contribution is -2.38. The minimum absolute atomic E-state index is 0. The molecule has 0 aromatic heterocycles. The van der Waals surface area contributed by atoms with Gasteiger partial charge in [-0.1, -0.05) is 24.3 Å². The molecule has 1 aromatic rings. The van der Waals surface area contributed by atoms with E-state index in [-0.39, 0.29) is 24.0 Å². The summed E-state index contributed by atoms with van der Waals surface area (Å²) in [6.07, 6.45) is 6.53. The van der Waals surface area contributed by atoms with Crippen LogP contribution in [0.2, 0.25) is 0 Å². The Morgan fingerprint density at radius 1 is 1.17 bits per heavy atom. The van der Waals surface area contributed by atoms with E-state index < -0.39 is 0 Å². The van der Waals surface area contributed by atoms with E-state index in [1.165, 1.54) is 11.3 Å². The van der Waals surface area contributed by atoms with Crippen LogP contribution in [0.4, 0.5) is 5.69 Å². The summed E-state index contributed by atoms with van der Waals surface area (Å²) in [6.45, 7) is 6.64. The summed E-state index contributed by atoms with van der Waals surface area (Å²) in [6, 6.07) is 8.71. The number of nitrogens with zero attached hydrogens (tertiary/aromatic N) is 2. The molecule has 1 aliphatic rings. The number of hydrogen-bond acceptors (Lipinski definition) is 3. The summed E-state index contributed by atoms with van der Waals surface area (Å²) >= 11 is 1.83. The molecule has 0 atom stereocenters. The quantitative estimate of drug-likeness (QED) is 0.222. The van der Waals surface area contributed by atoms with Gasteiger partial charge in [-0.15, -0.1) is 24.0 Å². The van der Waals surface area contributed by atoms with Crippen molar-refractivity contribution in [3.8, 4) is 0 Å². The Kier molecular flexibility index (Phi) is 10.2. The monoisotopic (exact) mass is 446 g/mol. The number of thioether (sulfide) groups is 1. The van der Waals surface area contributed by atoms with Crippen LogP contribution in [-0.2, 0) is 6.54 Å². The molecular formula is C17H27IN4S. The van der Waals surface area contributed by atoms with Crippen molar-refractivity contribution in [3.63, 3.8) is 0 Å². The topological polar surface area (TPSA) is 39.7 Å². The summed E-state index contributed by atoms with van der Waals surface area (Å²) in [5, 5.41) is 6.63. The molecule has 1 aliphatic heterocycles. The lowest BCUT2D eigenvalue weighted by molar-refractivity contribution is 0.843. The number of guanidine groups is 1. The fourth-order valence-electron chi connectivity index (χ4n) is 2.28. The molecule has 0 saturated heterocycles. The molecule has 0 unspecified atom stereocenters. The Hall–Kier alpha value is -0.890. The highest BCUT2D eigenvalue weighted by Gasteiger charge is 2.06. The fourth-order valence-corrected chi connectivity index (χ4v) is 2.59. The molecule has 23 heavy (non-hydrogen) atoms.